The number of hydrogen-bond acceptors (Lipinski definition) is 4. The van der Waals surface area contributed by atoms with Crippen molar-refractivity contribution in [2.75, 3.05) is 13.7 Å². The summed E-state index contributed by atoms with van der Waals surface area (Å²) in [5.41, 5.74) is 5.42. The van der Waals surface area contributed by atoms with E-state index in [1.807, 2.05) is 0 Å². The van der Waals surface area contributed by atoms with E-state index in [0.717, 1.165) is 0 Å². The number of carbonyl (C=O) groups is 2. The third kappa shape index (κ3) is 5.14. The molecule has 0 aromatic heterocycles. The van der Waals surface area contributed by atoms with Crippen molar-refractivity contribution in [3.8, 4) is 0 Å². The second kappa shape index (κ2) is 6.97. The van der Waals surface area contributed by atoms with Gasteiger partial charge in [-0.05, 0) is 6.42 Å². The quantitative estimate of drug-likeness (QED) is 0.479. The van der Waals surface area contributed by atoms with Crippen molar-refractivity contribution in [1.29, 1.82) is 0 Å². The molecule has 6 heteroatoms. The highest BCUT2D eigenvalue weighted by molar-refractivity contribution is 5.86. The van der Waals surface area contributed by atoms with E-state index < -0.39 is 24.0 Å². The molecular formula is C9H16N2O4. The Morgan fingerprint density at radius 3 is 2.67 bits per heavy atom. The average Bonchev–Trinajstić information content (AvgIpc) is 2.17. The van der Waals surface area contributed by atoms with Crippen molar-refractivity contribution in [2.45, 2.75) is 18.5 Å². The molecule has 2 atom stereocenters. The molecule has 0 rings (SSSR count). The molecule has 0 fully saturated rings. The number of amides is 1. The van der Waals surface area contributed by atoms with Gasteiger partial charge < -0.3 is 20.9 Å². The number of ether oxygens (including phenoxy) is 1. The Hall–Kier alpha value is -1.40. The number of nitrogens with two attached hydrogens (primary N) is 1. The van der Waals surface area contributed by atoms with Gasteiger partial charge in [0.15, 0.2) is 0 Å². The zero-order valence-corrected chi connectivity index (χ0v) is 8.60. The highest BCUT2D eigenvalue weighted by atomic mass is 16.5. The number of carbonyl (C=O) groups excluding carboxylic acids is 1. The fourth-order valence-corrected chi connectivity index (χ4v) is 0.922. The van der Waals surface area contributed by atoms with Crippen LogP contribution < -0.4 is 11.1 Å². The molecule has 0 bridgehead atoms. The minimum Gasteiger partial charge on any atom is -0.480 e. The van der Waals surface area contributed by atoms with Gasteiger partial charge in [0.2, 0.25) is 5.91 Å². The molecule has 6 nitrogen and oxygen atoms in total. The summed E-state index contributed by atoms with van der Waals surface area (Å²) in [4.78, 5) is 22.0. The van der Waals surface area contributed by atoms with Crippen molar-refractivity contribution >= 4 is 11.9 Å². The predicted octanol–water partition coefficient (Wildman–Crippen LogP) is -0.894. The largest absolute Gasteiger partial charge is 0.480 e. The van der Waals surface area contributed by atoms with Crippen molar-refractivity contribution in [2.24, 2.45) is 5.73 Å². The van der Waals surface area contributed by atoms with Gasteiger partial charge in [0.05, 0.1) is 6.61 Å². The molecule has 0 aliphatic rings. The van der Waals surface area contributed by atoms with E-state index in [9.17, 15) is 9.59 Å². The molecule has 0 heterocycles. The highest BCUT2D eigenvalue weighted by Gasteiger charge is 2.21. The Balaban J connectivity index is 4.21. The van der Waals surface area contributed by atoms with Gasteiger partial charge in [-0.3, -0.25) is 4.79 Å². The SMILES string of the molecule is C=CCC(NC(=O)C(N)COC)C(=O)O. The molecule has 1 amide bonds. The van der Waals surface area contributed by atoms with Gasteiger partial charge in [0, 0.05) is 7.11 Å². The van der Waals surface area contributed by atoms with E-state index in [0.29, 0.717) is 0 Å². The second-order valence-corrected chi connectivity index (χ2v) is 2.99. The van der Waals surface area contributed by atoms with Gasteiger partial charge >= 0.3 is 5.97 Å². The minimum atomic E-state index is -1.12. The van der Waals surface area contributed by atoms with Crippen molar-refractivity contribution in [1.82, 2.24) is 5.32 Å². The normalized spacial score (nSPS) is 14.0. The Morgan fingerprint density at radius 2 is 2.27 bits per heavy atom. The van der Waals surface area contributed by atoms with Crippen LogP contribution in [0.3, 0.4) is 0 Å². The topological polar surface area (TPSA) is 102 Å². The maximum atomic E-state index is 11.3. The molecule has 15 heavy (non-hydrogen) atoms. The molecule has 0 radical (unpaired) electrons. The minimum absolute atomic E-state index is 0.0479. The van der Waals surface area contributed by atoms with Crippen molar-refractivity contribution in [3.63, 3.8) is 0 Å². The third-order valence-corrected chi connectivity index (χ3v) is 1.70. The van der Waals surface area contributed by atoms with Gasteiger partial charge in [0.1, 0.15) is 12.1 Å². The first-order valence-electron chi connectivity index (χ1n) is 4.41. The van der Waals surface area contributed by atoms with Crippen LogP contribution in [0.5, 0.6) is 0 Å². The van der Waals surface area contributed by atoms with E-state index in [4.69, 9.17) is 10.8 Å². The summed E-state index contributed by atoms with van der Waals surface area (Å²) in [6.07, 6.45) is 1.57. The van der Waals surface area contributed by atoms with Crippen LogP contribution in [0.4, 0.5) is 0 Å². The Bertz CT molecular complexity index is 242. The third-order valence-electron chi connectivity index (χ3n) is 1.70. The Kier molecular flexibility index (Phi) is 6.32. The maximum Gasteiger partial charge on any atom is 0.326 e. The van der Waals surface area contributed by atoms with Crippen LogP contribution in [-0.2, 0) is 14.3 Å². The summed E-state index contributed by atoms with van der Waals surface area (Å²) in [6.45, 7) is 3.45. The number of methoxy groups -OCH3 is 1. The molecule has 0 aromatic carbocycles. The van der Waals surface area contributed by atoms with Crippen LogP contribution >= 0.6 is 0 Å². The van der Waals surface area contributed by atoms with Crippen molar-refractivity contribution in [3.05, 3.63) is 12.7 Å². The lowest BCUT2D eigenvalue weighted by Crippen LogP contribution is -2.49. The molecule has 0 aliphatic heterocycles. The maximum absolute atomic E-state index is 11.3. The number of rotatable bonds is 7. The molecule has 0 saturated heterocycles. The fraction of sp³-hybridized carbons (Fsp3) is 0.556. The summed E-state index contributed by atoms with van der Waals surface area (Å²) in [6, 6.07) is -1.85. The van der Waals surface area contributed by atoms with E-state index in [1.165, 1.54) is 13.2 Å². The summed E-state index contributed by atoms with van der Waals surface area (Å²) in [7, 11) is 1.41. The molecule has 0 spiro atoms. The van der Waals surface area contributed by atoms with Crippen LogP contribution in [0, 0.1) is 0 Å². The van der Waals surface area contributed by atoms with E-state index in [2.05, 4.69) is 16.6 Å². The van der Waals surface area contributed by atoms with Gasteiger partial charge in [0.25, 0.3) is 0 Å². The first-order valence-corrected chi connectivity index (χ1v) is 4.41. The number of carboxylic acid groups (broad SMARTS) is 1. The monoisotopic (exact) mass is 216 g/mol. The number of hydrogen-bond donors (Lipinski definition) is 3. The summed E-state index contributed by atoms with van der Waals surface area (Å²) in [5.74, 6) is -1.67. The van der Waals surface area contributed by atoms with Gasteiger partial charge in [-0.15, -0.1) is 6.58 Å². The molecular weight excluding hydrogens is 200 g/mol. The number of nitrogens with one attached hydrogen (secondary N) is 1. The molecule has 86 valence electrons. The Labute approximate surface area is 88.1 Å². The smallest absolute Gasteiger partial charge is 0.326 e. The standard InChI is InChI=1S/C9H16N2O4/c1-3-4-7(9(13)14)11-8(12)6(10)5-15-2/h3,6-7H,1,4-5,10H2,2H3,(H,11,12)(H,13,14). The lowest BCUT2D eigenvalue weighted by Gasteiger charge is -2.15. The number of aliphatic carboxylic acids is 1. The lowest BCUT2D eigenvalue weighted by atomic mass is 10.2. The number of carboxylic acids is 1. The van der Waals surface area contributed by atoms with Crippen molar-refractivity contribution < 1.29 is 19.4 Å². The van der Waals surface area contributed by atoms with Crippen LogP contribution in [0.25, 0.3) is 0 Å². The summed E-state index contributed by atoms with van der Waals surface area (Å²) < 4.78 is 4.67. The molecule has 0 aromatic rings. The first-order chi connectivity index (χ1) is 7.02. The van der Waals surface area contributed by atoms with Crippen LogP contribution in [0.1, 0.15) is 6.42 Å². The van der Waals surface area contributed by atoms with E-state index in [1.54, 1.807) is 0 Å². The Morgan fingerprint density at radius 1 is 1.67 bits per heavy atom. The van der Waals surface area contributed by atoms with Gasteiger partial charge in [-0.25, -0.2) is 4.79 Å². The van der Waals surface area contributed by atoms with Gasteiger partial charge in [-0.2, -0.15) is 0 Å². The first kappa shape index (κ1) is 13.6. The summed E-state index contributed by atoms with van der Waals surface area (Å²) in [5, 5.41) is 11.0. The van der Waals surface area contributed by atoms with Crippen LogP contribution in [-0.4, -0.2) is 42.8 Å². The molecule has 4 N–H and O–H groups in total. The van der Waals surface area contributed by atoms with E-state index >= 15 is 0 Å². The molecule has 2 unspecified atom stereocenters. The molecule has 0 saturated carbocycles. The second-order valence-electron chi connectivity index (χ2n) is 2.99. The zero-order valence-electron chi connectivity index (χ0n) is 8.60. The molecule has 0 aliphatic carbocycles. The van der Waals surface area contributed by atoms with Crippen LogP contribution in [0.2, 0.25) is 0 Å². The average molecular weight is 216 g/mol. The van der Waals surface area contributed by atoms with E-state index in [-0.39, 0.29) is 13.0 Å². The van der Waals surface area contributed by atoms with Gasteiger partial charge in [-0.1, -0.05) is 6.08 Å². The highest BCUT2D eigenvalue weighted by Crippen LogP contribution is 1.94. The lowest BCUT2D eigenvalue weighted by molar-refractivity contribution is -0.142. The van der Waals surface area contributed by atoms with Crippen LogP contribution in [0.15, 0.2) is 12.7 Å². The predicted molar refractivity (Wildman–Crippen MR) is 54.2 cm³/mol. The summed E-state index contributed by atoms with van der Waals surface area (Å²) >= 11 is 0. The zero-order chi connectivity index (χ0) is 11.8. The fourth-order valence-electron chi connectivity index (χ4n) is 0.922.